The predicted octanol–water partition coefficient (Wildman–Crippen LogP) is 4.85. The van der Waals surface area contributed by atoms with E-state index in [1.54, 1.807) is 5.31 Å². The Balaban J connectivity index is 1.82. The summed E-state index contributed by atoms with van der Waals surface area (Å²) >= 11 is 0. The van der Waals surface area contributed by atoms with Crippen molar-refractivity contribution in [3.63, 3.8) is 0 Å². The highest BCUT2D eigenvalue weighted by Gasteiger charge is 2.31. The molecule has 29 heavy (non-hydrogen) atoms. The molecule has 2 aromatic carbocycles. The van der Waals surface area contributed by atoms with E-state index in [-0.39, 0.29) is 0 Å². The smallest absolute Gasteiger partial charge is 0.0185 e. The average Bonchev–Trinajstić information content (AvgIpc) is 3.24. The number of hydrogen-bond acceptors (Lipinski definition) is 2. The summed E-state index contributed by atoms with van der Waals surface area (Å²) in [6.45, 7) is 11.4. The van der Waals surface area contributed by atoms with Gasteiger partial charge in [0.1, 0.15) is 0 Å². The van der Waals surface area contributed by atoms with Crippen LogP contribution in [0.4, 0.5) is 0 Å². The van der Waals surface area contributed by atoms with Gasteiger partial charge in [0.25, 0.3) is 0 Å². The average molecular weight is 407 g/mol. The van der Waals surface area contributed by atoms with Gasteiger partial charge in [-0.3, -0.25) is 0 Å². The maximum atomic E-state index is 2.54. The van der Waals surface area contributed by atoms with E-state index in [1.807, 2.05) is 0 Å². The molecule has 1 aliphatic carbocycles. The molecule has 0 amide bonds. The van der Waals surface area contributed by atoms with Crippen molar-refractivity contribution in [1.29, 1.82) is 0 Å². The minimum absolute atomic E-state index is 0.461. The summed E-state index contributed by atoms with van der Waals surface area (Å²) in [6.07, 6.45) is 7.07. The van der Waals surface area contributed by atoms with Crippen molar-refractivity contribution < 1.29 is 0 Å². The van der Waals surface area contributed by atoms with Crippen LogP contribution in [0.25, 0.3) is 0 Å². The largest absolute Gasteiger partial charge is 0.303 e. The Kier molecular flexibility index (Phi) is 8.24. The van der Waals surface area contributed by atoms with E-state index in [0.717, 1.165) is 26.2 Å². The summed E-state index contributed by atoms with van der Waals surface area (Å²) in [5.41, 5.74) is 0. The summed E-state index contributed by atoms with van der Waals surface area (Å²) in [6, 6.07) is 22.6. The Morgan fingerprint density at radius 1 is 0.862 bits per heavy atom. The molecule has 3 rings (SSSR count). The lowest BCUT2D eigenvalue weighted by Gasteiger charge is -2.34. The molecule has 154 valence electrons. The molecule has 0 aliphatic heterocycles. The Morgan fingerprint density at radius 2 is 1.41 bits per heavy atom. The molecular weight excluding hydrogens is 371 g/mol. The molecule has 2 atom stereocenters. The number of hydrogen-bond donors (Lipinski definition) is 0. The van der Waals surface area contributed by atoms with Gasteiger partial charge in [-0.05, 0) is 50.9 Å². The van der Waals surface area contributed by atoms with Crippen LogP contribution in [-0.2, 0) is 0 Å². The Morgan fingerprint density at radius 3 is 1.93 bits per heavy atom. The second kappa shape index (κ2) is 10.9. The molecule has 0 saturated heterocycles. The molecule has 0 spiro atoms. The Bertz CT molecular complexity index is 756. The number of benzene rings is 2. The zero-order valence-corrected chi connectivity index (χ0v) is 19.2. The van der Waals surface area contributed by atoms with E-state index in [1.165, 1.54) is 10.6 Å². The molecule has 2 nitrogen and oxygen atoms in total. The lowest BCUT2D eigenvalue weighted by Crippen LogP contribution is -2.40. The summed E-state index contributed by atoms with van der Waals surface area (Å²) in [4.78, 5) is 5.04. The van der Waals surface area contributed by atoms with Crippen LogP contribution < -0.4 is 10.6 Å². The monoisotopic (exact) mass is 406 g/mol. The highest BCUT2D eigenvalue weighted by Crippen LogP contribution is 2.50. The molecule has 3 heteroatoms. The third kappa shape index (κ3) is 5.45. The standard InChI is InChI=1S/C26H35N2P/c1-5-28(6-2)21-20-27(4)22(3)25-18-13-19-26(25)29(23-14-9-7-10-15-23)24-16-11-8-12-17-24/h7-19,22,25H,5-6,20-21H2,1-4H3. The van der Waals surface area contributed by atoms with Crippen molar-refractivity contribution in [2.75, 3.05) is 33.2 Å². The summed E-state index contributed by atoms with van der Waals surface area (Å²) in [5.74, 6) is 0.461. The minimum atomic E-state index is -0.515. The van der Waals surface area contributed by atoms with Crippen LogP contribution in [-0.4, -0.2) is 49.1 Å². The van der Waals surface area contributed by atoms with Gasteiger partial charge in [0.2, 0.25) is 0 Å². The molecule has 0 bridgehead atoms. The van der Waals surface area contributed by atoms with Crippen molar-refractivity contribution in [2.24, 2.45) is 5.92 Å². The van der Waals surface area contributed by atoms with E-state index in [4.69, 9.17) is 0 Å². The normalized spacial score (nSPS) is 17.3. The Hall–Kier alpha value is -1.73. The molecule has 2 aromatic rings. The SMILES string of the molecule is CCN(CC)CCN(C)C(C)C1C=CC=C1P(c1ccccc1)c1ccccc1. The lowest BCUT2D eigenvalue weighted by molar-refractivity contribution is 0.190. The van der Waals surface area contributed by atoms with E-state index < -0.39 is 7.92 Å². The lowest BCUT2D eigenvalue weighted by atomic mass is 10.0. The van der Waals surface area contributed by atoms with Crippen LogP contribution in [0.2, 0.25) is 0 Å². The highest BCUT2D eigenvalue weighted by atomic mass is 31.1. The molecule has 0 fully saturated rings. The number of rotatable bonds is 10. The zero-order chi connectivity index (χ0) is 20.6. The molecule has 1 aliphatic rings. The summed E-state index contributed by atoms with van der Waals surface area (Å²) < 4.78 is 0. The third-order valence-corrected chi connectivity index (χ3v) is 8.68. The maximum Gasteiger partial charge on any atom is 0.0185 e. The van der Waals surface area contributed by atoms with Gasteiger partial charge in [0.15, 0.2) is 0 Å². The first kappa shape index (κ1) is 22.0. The maximum absolute atomic E-state index is 2.54. The van der Waals surface area contributed by atoms with E-state index in [0.29, 0.717) is 12.0 Å². The van der Waals surface area contributed by atoms with E-state index in [2.05, 4.69) is 117 Å². The van der Waals surface area contributed by atoms with Crippen LogP contribution in [0.1, 0.15) is 20.8 Å². The number of allylic oxidation sites excluding steroid dienone is 2. The van der Waals surface area contributed by atoms with Crippen molar-refractivity contribution in [3.05, 3.63) is 84.2 Å². The van der Waals surface area contributed by atoms with E-state index >= 15 is 0 Å². The van der Waals surface area contributed by atoms with Gasteiger partial charge in [-0.15, -0.1) is 0 Å². The first-order valence-electron chi connectivity index (χ1n) is 10.9. The van der Waals surface area contributed by atoms with Gasteiger partial charge in [0.05, 0.1) is 0 Å². The molecule has 2 unspecified atom stereocenters. The van der Waals surface area contributed by atoms with Gasteiger partial charge in [-0.1, -0.05) is 92.7 Å². The van der Waals surface area contributed by atoms with Crippen LogP contribution in [0.5, 0.6) is 0 Å². The van der Waals surface area contributed by atoms with Crippen molar-refractivity contribution in [2.45, 2.75) is 26.8 Å². The zero-order valence-electron chi connectivity index (χ0n) is 18.3. The number of likely N-dealkylation sites (N-methyl/N-ethyl adjacent to an activating group) is 2. The molecule has 0 radical (unpaired) electrons. The van der Waals surface area contributed by atoms with Crippen molar-refractivity contribution in [3.8, 4) is 0 Å². The van der Waals surface area contributed by atoms with Crippen LogP contribution in [0.3, 0.4) is 0 Å². The highest BCUT2D eigenvalue weighted by molar-refractivity contribution is 7.76. The third-order valence-electron chi connectivity index (χ3n) is 6.09. The molecule has 0 heterocycles. The predicted molar refractivity (Wildman–Crippen MR) is 130 cm³/mol. The van der Waals surface area contributed by atoms with Crippen molar-refractivity contribution in [1.82, 2.24) is 9.80 Å². The van der Waals surface area contributed by atoms with E-state index in [9.17, 15) is 0 Å². The first-order chi connectivity index (χ1) is 14.2. The quantitative estimate of drug-likeness (QED) is 0.521. The van der Waals surface area contributed by atoms with Crippen LogP contribution in [0.15, 0.2) is 84.2 Å². The molecular formula is C26H35N2P. The fraction of sp³-hybridized carbons (Fsp3) is 0.385. The van der Waals surface area contributed by atoms with Gasteiger partial charge in [-0.2, -0.15) is 0 Å². The molecule has 0 N–H and O–H groups in total. The first-order valence-corrected chi connectivity index (χ1v) is 12.2. The topological polar surface area (TPSA) is 6.48 Å². The van der Waals surface area contributed by atoms with Gasteiger partial charge >= 0.3 is 0 Å². The van der Waals surface area contributed by atoms with Gasteiger partial charge < -0.3 is 9.80 Å². The van der Waals surface area contributed by atoms with Gasteiger partial charge in [-0.25, -0.2) is 0 Å². The second-order valence-electron chi connectivity index (χ2n) is 7.76. The molecule has 0 aromatic heterocycles. The van der Waals surface area contributed by atoms with Crippen LogP contribution in [0, 0.1) is 5.92 Å². The summed E-state index contributed by atoms with van der Waals surface area (Å²) in [7, 11) is 1.77. The van der Waals surface area contributed by atoms with Crippen molar-refractivity contribution >= 4 is 18.5 Å². The Labute approximate surface area is 178 Å². The minimum Gasteiger partial charge on any atom is -0.303 e. The van der Waals surface area contributed by atoms with Crippen LogP contribution >= 0.6 is 7.92 Å². The fourth-order valence-corrected chi connectivity index (χ4v) is 6.70. The fourth-order valence-electron chi connectivity index (χ4n) is 4.03. The number of nitrogens with zero attached hydrogens (tertiary/aromatic N) is 2. The second-order valence-corrected chi connectivity index (χ2v) is 9.98. The molecule has 0 saturated carbocycles. The summed E-state index contributed by atoms with van der Waals surface area (Å²) in [5, 5.41) is 4.44. The van der Waals surface area contributed by atoms with Gasteiger partial charge in [0, 0.05) is 25.0 Å².